The van der Waals surface area contributed by atoms with E-state index in [1.54, 1.807) is 0 Å². The molecule has 3 nitrogen and oxygen atoms in total. The predicted octanol–water partition coefficient (Wildman–Crippen LogP) is 4.76. The summed E-state index contributed by atoms with van der Waals surface area (Å²) >= 11 is 12.1. The number of anilines is 1. The normalized spacial score (nSPS) is 14.9. The van der Waals surface area contributed by atoms with Crippen LogP contribution in [0.4, 0.5) is 5.69 Å². The molecule has 1 aliphatic heterocycles. The zero-order chi connectivity index (χ0) is 15.0. The molecule has 0 aromatic heterocycles. The van der Waals surface area contributed by atoms with E-state index in [1.807, 2.05) is 36.4 Å². The molecule has 1 N–H and O–H groups in total. The first kappa shape index (κ1) is 15.1. The van der Waals surface area contributed by atoms with Gasteiger partial charge in [0, 0.05) is 8.59 Å². The standard InChI is InChI=1S/C15H10BrClINO2/c16-15(10-6-9(17)2-3-11(10)18)8-1-4-13-12(5-8)19-14(20)7-21-13/h1-6,15H,7H2,(H,19,20). The molecule has 0 saturated heterocycles. The van der Waals surface area contributed by atoms with E-state index < -0.39 is 0 Å². The third-order valence-corrected chi connectivity index (χ3v) is 5.40. The lowest BCUT2D eigenvalue weighted by atomic mass is 10.0. The molecule has 1 atom stereocenters. The van der Waals surface area contributed by atoms with Crippen molar-refractivity contribution in [3.63, 3.8) is 0 Å². The summed E-state index contributed by atoms with van der Waals surface area (Å²) in [5.74, 6) is 0.557. The summed E-state index contributed by atoms with van der Waals surface area (Å²) in [6.07, 6.45) is 0. The van der Waals surface area contributed by atoms with E-state index >= 15 is 0 Å². The van der Waals surface area contributed by atoms with Crippen LogP contribution >= 0.6 is 50.1 Å². The second kappa shape index (κ2) is 6.14. The third-order valence-electron chi connectivity index (χ3n) is 3.16. The zero-order valence-corrected chi connectivity index (χ0v) is 15.2. The first-order valence-electron chi connectivity index (χ1n) is 6.20. The van der Waals surface area contributed by atoms with E-state index in [2.05, 4.69) is 43.8 Å². The van der Waals surface area contributed by atoms with Crippen LogP contribution in [0.2, 0.25) is 5.02 Å². The number of ether oxygens (including phenoxy) is 1. The molecule has 1 amide bonds. The molecule has 0 aliphatic carbocycles. The predicted molar refractivity (Wildman–Crippen MR) is 95.5 cm³/mol. The van der Waals surface area contributed by atoms with Crippen LogP contribution in [-0.2, 0) is 4.79 Å². The molecule has 0 fully saturated rings. The lowest BCUT2D eigenvalue weighted by Crippen LogP contribution is -2.25. The van der Waals surface area contributed by atoms with Crippen molar-refractivity contribution in [3.8, 4) is 5.75 Å². The zero-order valence-electron chi connectivity index (χ0n) is 10.7. The molecule has 0 bridgehead atoms. The van der Waals surface area contributed by atoms with Crippen LogP contribution in [0.3, 0.4) is 0 Å². The van der Waals surface area contributed by atoms with Gasteiger partial charge in [-0.25, -0.2) is 0 Å². The van der Waals surface area contributed by atoms with Crippen LogP contribution in [0, 0.1) is 3.57 Å². The minimum absolute atomic E-state index is 0.00720. The van der Waals surface area contributed by atoms with Gasteiger partial charge in [-0.3, -0.25) is 4.79 Å². The molecule has 2 aromatic rings. The monoisotopic (exact) mass is 477 g/mol. The Hall–Kier alpha value is -0.790. The molecule has 21 heavy (non-hydrogen) atoms. The maximum Gasteiger partial charge on any atom is 0.262 e. The van der Waals surface area contributed by atoms with Crippen LogP contribution in [0.25, 0.3) is 0 Å². The van der Waals surface area contributed by atoms with Gasteiger partial charge in [-0.05, 0) is 64.0 Å². The number of nitrogens with one attached hydrogen (secondary N) is 1. The molecular weight excluding hydrogens is 468 g/mol. The SMILES string of the molecule is O=C1COc2ccc(C(Br)c3cc(Cl)ccc3I)cc2N1. The fourth-order valence-corrected chi connectivity index (χ4v) is 4.07. The van der Waals surface area contributed by atoms with Crippen molar-refractivity contribution in [2.45, 2.75) is 4.83 Å². The molecule has 0 spiro atoms. The topological polar surface area (TPSA) is 38.3 Å². The van der Waals surface area contributed by atoms with Crippen LogP contribution in [0.1, 0.15) is 16.0 Å². The highest BCUT2D eigenvalue weighted by Crippen LogP contribution is 2.38. The molecule has 3 rings (SSSR count). The summed E-state index contributed by atoms with van der Waals surface area (Å²) in [5.41, 5.74) is 2.82. The second-order valence-corrected chi connectivity index (χ2v) is 7.14. The maximum atomic E-state index is 11.4. The van der Waals surface area contributed by atoms with Gasteiger partial charge in [0.05, 0.1) is 10.5 Å². The first-order chi connectivity index (χ1) is 10.0. The van der Waals surface area contributed by atoms with Gasteiger partial charge in [-0.15, -0.1) is 0 Å². The van der Waals surface area contributed by atoms with E-state index in [0.717, 1.165) is 14.7 Å². The minimum Gasteiger partial charge on any atom is -0.482 e. The smallest absolute Gasteiger partial charge is 0.262 e. The largest absolute Gasteiger partial charge is 0.482 e. The van der Waals surface area contributed by atoms with E-state index in [4.69, 9.17) is 16.3 Å². The number of alkyl halides is 1. The Bertz CT molecular complexity index is 723. The molecule has 1 aliphatic rings. The lowest BCUT2D eigenvalue weighted by Gasteiger charge is -2.20. The number of amides is 1. The maximum absolute atomic E-state index is 11.4. The van der Waals surface area contributed by atoms with E-state index in [-0.39, 0.29) is 17.3 Å². The van der Waals surface area contributed by atoms with Gasteiger partial charge in [-0.2, -0.15) is 0 Å². The average Bonchev–Trinajstić information content (AvgIpc) is 2.48. The van der Waals surface area contributed by atoms with Gasteiger partial charge >= 0.3 is 0 Å². The number of carbonyl (C=O) groups excluding carboxylic acids is 1. The van der Waals surface area contributed by atoms with Crippen molar-refractivity contribution in [3.05, 3.63) is 56.1 Å². The van der Waals surface area contributed by atoms with Crippen molar-refractivity contribution >= 4 is 61.7 Å². The molecule has 0 radical (unpaired) electrons. The number of fused-ring (bicyclic) bond motifs is 1. The summed E-state index contributed by atoms with van der Waals surface area (Å²) in [6, 6.07) is 11.6. The van der Waals surface area contributed by atoms with Crippen LogP contribution in [-0.4, -0.2) is 12.5 Å². The van der Waals surface area contributed by atoms with Gasteiger partial charge in [-0.1, -0.05) is 33.6 Å². The van der Waals surface area contributed by atoms with E-state index in [1.165, 1.54) is 0 Å². The number of hydrogen-bond donors (Lipinski definition) is 1. The number of benzene rings is 2. The fourth-order valence-electron chi connectivity index (χ4n) is 2.15. The second-order valence-electron chi connectivity index (χ2n) is 4.62. The Balaban J connectivity index is 1.98. The van der Waals surface area contributed by atoms with Gasteiger partial charge < -0.3 is 10.1 Å². The fraction of sp³-hybridized carbons (Fsp3) is 0.133. The Labute approximate surface area is 149 Å². The Morgan fingerprint density at radius 2 is 2.10 bits per heavy atom. The molecule has 6 heteroatoms. The van der Waals surface area contributed by atoms with Crippen LogP contribution in [0.15, 0.2) is 36.4 Å². The van der Waals surface area contributed by atoms with E-state index in [9.17, 15) is 4.79 Å². The minimum atomic E-state index is -0.136. The summed E-state index contributed by atoms with van der Waals surface area (Å²) in [5, 5.41) is 3.52. The van der Waals surface area contributed by atoms with Gasteiger partial charge in [0.2, 0.25) is 0 Å². The van der Waals surface area contributed by atoms with Gasteiger partial charge in [0.25, 0.3) is 5.91 Å². The van der Waals surface area contributed by atoms with Crippen molar-refractivity contribution in [2.24, 2.45) is 0 Å². The summed E-state index contributed by atoms with van der Waals surface area (Å²) in [6.45, 7) is 0.0658. The summed E-state index contributed by atoms with van der Waals surface area (Å²) in [7, 11) is 0. The highest BCUT2D eigenvalue weighted by Gasteiger charge is 2.20. The molecule has 2 aromatic carbocycles. The number of carbonyl (C=O) groups is 1. The Morgan fingerprint density at radius 1 is 1.29 bits per heavy atom. The van der Waals surface area contributed by atoms with E-state index in [0.29, 0.717) is 16.5 Å². The van der Waals surface area contributed by atoms with Crippen molar-refractivity contribution in [2.75, 3.05) is 11.9 Å². The number of rotatable bonds is 2. The molecule has 0 saturated carbocycles. The van der Waals surface area contributed by atoms with Crippen molar-refractivity contribution < 1.29 is 9.53 Å². The molecule has 1 heterocycles. The number of hydrogen-bond acceptors (Lipinski definition) is 2. The first-order valence-corrected chi connectivity index (χ1v) is 8.57. The van der Waals surface area contributed by atoms with Crippen LogP contribution in [0.5, 0.6) is 5.75 Å². The third kappa shape index (κ3) is 3.19. The Kier molecular flexibility index (Phi) is 4.42. The highest BCUT2D eigenvalue weighted by molar-refractivity contribution is 14.1. The van der Waals surface area contributed by atoms with Gasteiger partial charge in [0.1, 0.15) is 5.75 Å². The molecular formula is C15H10BrClINO2. The molecule has 108 valence electrons. The number of halogens is 3. The quantitative estimate of drug-likeness (QED) is 0.499. The highest BCUT2D eigenvalue weighted by atomic mass is 127. The van der Waals surface area contributed by atoms with Gasteiger partial charge in [0.15, 0.2) is 6.61 Å². The summed E-state index contributed by atoms with van der Waals surface area (Å²) in [4.78, 5) is 11.4. The lowest BCUT2D eigenvalue weighted by molar-refractivity contribution is -0.118. The Morgan fingerprint density at radius 3 is 2.90 bits per heavy atom. The molecule has 1 unspecified atom stereocenters. The van der Waals surface area contributed by atoms with Crippen LogP contribution < -0.4 is 10.1 Å². The van der Waals surface area contributed by atoms with Crippen molar-refractivity contribution in [1.82, 2.24) is 0 Å². The van der Waals surface area contributed by atoms with Crippen molar-refractivity contribution in [1.29, 1.82) is 0 Å². The summed E-state index contributed by atoms with van der Waals surface area (Å²) < 4.78 is 6.49. The average molecular weight is 479 g/mol.